The first-order valence-corrected chi connectivity index (χ1v) is 4.60. The number of amides is 1. The summed E-state index contributed by atoms with van der Waals surface area (Å²) in [5.41, 5.74) is 0. The molecule has 0 saturated carbocycles. The number of nitrogens with zero attached hydrogens (tertiary/aromatic N) is 1. The Morgan fingerprint density at radius 3 is 2.57 bits per heavy atom. The zero-order chi connectivity index (χ0) is 10.7. The van der Waals surface area contributed by atoms with Crippen LogP contribution in [0.5, 0.6) is 0 Å². The van der Waals surface area contributed by atoms with Gasteiger partial charge in [0.1, 0.15) is 6.10 Å². The maximum atomic E-state index is 11.7. The number of likely N-dealkylation sites (N-methyl/N-ethyl adjacent to an activating group) is 1. The Hall–Kier alpha value is -0.870. The van der Waals surface area contributed by atoms with Crippen LogP contribution < -0.4 is 0 Å². The van der Waals surface area contributed by atoms with Gasteiger partial charge in [-0.1, -0.05) is 6.08 Å². The van der Waals surface area contributed by atoms with E-state index in [2.05, 4.69) is 6.58 Å². The summed E-state index contributed by atoms with van der Waals surface area (Å²) in [6.45, 7) is 3.67. The summed E-state index contributed by atoms with van der Waals surface area (Å²) in [5.74, 6) is -0.0220. The van der Waals surface area contributed by atoms with Crippen LogP contribution in [0.2, 0.25) is 0 Å². The maximum absolute atomic E-state index is 11.7. The number of rotatable bonds is 4. The minimum Gasteiger partial charge on any atom is -0.376 e. The first-order valence-electron chi connectivity index (χ1n) is 4.60. The van der Waals surface area contributed by atoms with E-state index >= 15 is 0 Å². The standard InChI is InChI=1S/C10H17NO3/c1-5-6-7-8(13-3)9(14-4)10(12)11(7)2/h5,7-9H,1,6H2,2-4H3/t7-,8?,9?/m0/s1. The number of carbonyl (C=O) groups excluding carboxylic acids is 1. The van der Waals surface area contributed by atoms with Crippen molar-refractivity contribution in [2.75, 3.05) is 21.3 Å². The molecule has 1 rings (SSSR count). The summed E-state index contributed by atoms with van der Waals surface area (Å²) in [6.07, 6.45) is 1.84. The molecule has 0 aromatic rings. The van der Waals surface area contributed by atoms with E-state index in [1.807, 2.05) is 0 Å². The van der Waals surface area contributed by atoms with E-state index in [0.717, 1.165) is 6.42 Å². The van der Waals surface area contributed by atoms with Gasteiger partial charge in [0.05, 0.1) is 6.04 Å². The molecule has 0 bridgehead atoms. The van der Waals surface area contributed by atoms with Crippen molar-refractivity contribution in [1.82, 2.24) is 4.90 Å². The van der Waals surface area contributed by atoms with Crippen molar-refractivity contribution in [2.24, 2.45) is 0 Å². The van der Waals surface area contributed by atoms with Gasteiger partial charge >= 0.3 is 0 Å². The highest BCUT2D eigenvalue weighted by Gasteiger charge is 2.46. The molecule has 4 nitrogen and oxygen atoms in total. The lowest BCUT2D eigenvalue weighted by atomic mass is 10.1. The molecule has 4 heteroatoms. The van der Waals surface area contributed by atoms with Gasteiger partial charge in [0.2, 0.25) is 0 Å². The van der Waals surface area contributed by atoms with E-state index in [-0.39, 0.29) is 18.1 Å². The SMILES string of the molecule is C=CC[C@H]1C(OC)C(OC)C(=O)N1C. The van der Waals surface area contributed by atoms with Crippen molar-refractivity contribution in [2.45, 2.75) is 24.7 Å². The van der Waals surface area contributed by atoms with E-state index in [0.29, 0.717) is 0 Å². The number of carbonyl (C=O) groups is 1. The van der Waals surface area contributed by atoms with Gasteiger partial charge in [0.25, 0.3) is 5.91 Å². The van der Waals surface area contributed by atoms with E-state index in [1.165, 1.54) is 7.11 Å². The largest absolute Gasteiger partial charge is 0.376 e. The molecule has 0 aliphatic carbocycles. The van der Waals surface area contributed by atoms with Crippen molar-refractivity contribution in [3.05, 3.63) is 12.7 Å². The summed E-state index contributed by atoms with van der Waals surface area (Å²) < 4.78 is 10.4. The third-order valence-electron chi connectivity index (χ3n) is 2.70. The Bertz CT molecular complexity index is 229. The zero-order valence-electron chi connectivity index (χ0n) is 8.90. The third kappa shape index (κ3) is 1.67. The molecule has 0 radical (unpaired) electrons. The average Bonchev–Trinajstić information content (AvgIpc) is 2.42. The number of methoxy groups -OCH3 is 2. The smallest absolute Gasteiger partial charge is 0.254 e. The van der Waals surface area contributed by atoms with Crippen molar-refractivity contribution in [3.63, 3.8) is 0 Å². The van der Waals surface area contributed by atoms with Crippen molar-refractivity contribution in [1.29, 1.82) is 0 Å². The Balaban J connectivity index is 2.84. The summed E-state index contributed by atoms with van der Waals surface area (Å²) in [4.78, 5) is 13.3. The van der Waals surface area contributed by atoms with Crippen LogP contribution in [0.4, 0.5) is 0 Å². The van der Waals surface area contributed by atoms with Gasteiger partial charge in [-0.3, -0.25) is 4.79 Å². The molecule has 1 saturated heterocycles. The van der Waals surface area contributed by atoms with E-state index in [4.69, 9.17) is 9.47 Å². The Kier molecular flexibility index (Phi) is 3.66. The van der Waals surface area contributed by atoms with Crippen LogP contribution in [0.1, 0.15) is 6.42 Å². The van der Waals surface area contributed by atoms with Gasteiger partial charge in [0, 0.05) is 21.3 Å². The van der Waals surface area contributed by atoms with Gasteiger partial charge < -0.3 is 14.4 Å². The van der Waals surface area contributed by atoms with Crippen LogP contribution in [-0.4, -0.2) is 50.3 Å². The second-order valence-electron chi connectivity index (χ2n) is 3.40. The van der Waals surface area contributed by atoms with Gasteiger partial charge in [-0.15, -0.1) is 6.58 Å². The van der Waals surface area contributed by atoms with E-state index in [1.54, 1.807) is 25.1 Å². The molecular formula is C10H17NO3. The normalized spacial score (nSPS) is 32.4. The van der Waals surface area contributed by atoms with Gasteiger partial charge in [-0.25, -0.2) is 0 Å². The topological polar surface area (TPSA) is 38.8 Å². The third-order valence-corrected chi connectivity index (χ3v) is 2.70. The fourth-order valence-corrected chi connectivity index (χ4v) is 1.91. The van der Waals surface area contributed by atoms with Crippen LogP contribution in [0.15, 0.2) is 12.7 Å². The fraction of sp³-hybridized carbons (Fsp3) is 0.700. The first kappa shape index (κ1) is 11.2. The molecule has 0 N–H and O–H groups in total. The average molecular weight is 199 g/mol. The van der Waals surface area contributed by atoms with E-state index < -0.39 is 6.10 Å². The van der Waals surface area contributed by atoms with Crippen molar-refractivity contribution >= 4 is 5.91 Å². The number of ether oxygens (including phenoxy) is 2. The lowest BCUT2D eigenvalue weighted by Gasteiger charge is -2.22. The molecule has 1 aliphatic rings. The summed E-state index contributed by atoms with van der Waals surface area (Å²) >= 11 is 0. The predicted molar refractivity (Wildman–Crippen MR) is 53.0 cm³/mol. The number of hydrogen-bond acceptors (Lipinski definition) is 3. The fourth-order valence-electron chi connectivity index (χ4n) is 1.91. The number of hydrogen-bond donors (Lipinski definition) is 0. The Morgan fingerprint density at radius 2 is 2.14 bits per heavy atom. The predicted octanol–water partition coefficient (Wildman–Crippen LogP) is 0.433. The van der Waals surface area contributed by atoms with Crippen LogP contribution >= 0.6 is 0 Å². The molecular weight excluding hydrogens is 182 g/mol. The van der Waals surface area contributed by atoms with Crippen LogP contribution in [0.25, 0.3) is 0 Å². The highest BCUT2D eigenvalue weighted by Crippen LogP contribution is 2.25. The lowest BCUT2D eigenvalue weighted by Crippen LogP contribution is -2.35. The molecule has 1 fully saturated rings. The summed E-state index contributed by atoms with van der Waals surface area (Å²) in [5, 5.41) is 0. The van der Waals surface area contributed by atoms with Gasteiger partial charge in [-0.05, 0) is 6.42 Å². The molecule has 0 spiro atoms. The minimum absolute atomic E-state index is 0.0220. The summed E-state index contributed by atoms with van der Waals surface area (Å²) in [6, 6.07) is 0.0370. The quantitative estimate of drug-likeness (QED) is 0.616. The molecule has 14 heavy (non-hydrogen) atoms. The molecule has 0 aromatic heterocycles. The Labute approximate surface area is 84.5 Å². The van der Waals surface area contributed by atoms with Gasteiger partial charge in [0.15, 0.2) is 6.10 Å². The molecule has 1 amide bonds. The number of likely N-dealkylation sites (tertiary alicyclic amines) is 1. The molecule has 1 aliphatic heterocycles. The molecule has 0 aromatic carbocycles. The highest BCUT2D eigenvalue weighted by molar-refractivity contribution is 5.84. The first-order chi connectivity index (χ1) is 6.67. The molecule has 1 heterocycles. The highest BCUT2D eigenvalue weighted by atomic mass is 16.5. The molecule has 2 unspecified atom stereocenters. The second kappa shape index (κ2) is 4.57. The summed E-state index contributed by atoms with van der Waals surface area (Å²) in [7, 11) is 4.89. The van der Waals surface area contributed by atoms with Gasteiger partial charge in [-0.2, -0.15) is 0 Å². The van der Waals surface area contributed by atoms with E-state index in [9.17, 15) is 4.79 Å². The second-order valence-corrected chi connectivity index (χ2v) is 3.40. The maximum Gasteiger partial charge on any atom is 0.254 e. The lowest BCUT2D eigenvalue weighted by molar-refractivity contribution is -0.137. The monoisotopic (exact) mass is 199 g/mol. The minimum atomic E-state index is -0.477. The van der Waals surface area contributed by atoms with Crippen molar-refractivity contribution in [3.8, 4) is 0 Å². The zero-order valence-corrected chi connectivity index (χ0v) is 8.90. The van der Waals surface area contributed by atoms with Crippen molar-refractivity contribution < 1.29 is 14.3 Å². The molecule has 3 atom stereocenters. The van der Waals surface area contributed by atoms with Crippen LogP contribution in [0.3, 0.4) is 0 Å². The van der Waals surface area contributed by atoms with Crippen LogP contribution in [0, 0.1) is 0 Å². The Morgan fingerprint density at radius 1 is 1.50 bits per heavy atom. The van der Waals surface area contributed by atoms with Crippen LogP contribution in [-0.2, 0) is 14.3 Å². The molecule has 80 valence electrons.